The Balaban J connectivity index is 2.22. The van der Waals surface area contributed by atoms with Crippen LogP contribution < -0.4 is 5.32 Å². The molecule has 1 aromatic heterocycles. The summed E-state index contributed by atoms with van der Waals surface area (Å²) in [5, 5.41) is 3.75. The second-order valence-corrected chi connectivity index (χ2v) is 7.18. The van der Waals surface area contributed by atoms with Gasteiger partial charge in [-0.25, -0.2) is 0 Å². The van der Waals surface area contributed by atoms with E-state index in [9.17, 15) is 0 Å². The van der Waals surface area contributed by atoms with Crippen molar-refractivity contribution in [1.82, 2.24) is 5.32 Å². The molecule has 5 atom stereocenters. The first-order valence-corrected chi connectivity index (χ1v) is 8.31. The maximum Gasteiger partial charge on any atom is 0.0600 e. The molecule has 1 N–H and O–H groups in total. The van der Waals surface area contributed by atoms with E-state index in [4.69, 9.17) is 4.74 Å². The Morgan fingerprint density at radius 1 is 1.26 bits per heavy atom. The number of rotatable bonds is 5. The van der Waals surface area contributed by atoms with Gasteiger partial charge in [-0.1, -0.05) is 13.8 Å². The Kier molecular flexibility index (Phi) is 5.04. The standard InChI is InChI=1S/C16H27NOS/c1-6-9-17-16(14-8-7-10(2)19-14)15-11(3)12(4)18-13(15)5/h7-8,11-13,15-17H,6,9H2,1-5H3. The molecule has 108 valence electrons. The number of hydrogen-bond donors (Lipinski definition) is 1. The molecule has 1 aromatic rings. The third-order valence-corrected chi connectivity index (χ3v) is 5.47. The molecule has 0 radical (unpaired) electrons. The molecule has 0 aromatic carbocycles. The number of aryl methyl sites for hydroxylation is 1. The summed E-state index contributed by atoms with van der Waals surface area (Å²) < 4.78 is 6.04. The van der Waals surface area contributed by atoms with Crippen LogP contribution in [0.15, 0.2) is 12.1 Å². The van der Waals surface area contributed by atoms with E-state index in [1.165, 1.54) is 16.2 Å². The molecular weight excluding hydrogens is 254 g/mol. The van der Waals surface area contributed by atoms with Crippen molar-refractivity contribution in [2.75, 3.05) is 6.54 Å². The normalized spacial score (nSPS) is 32.7. The zero-order valence-electron chi connectivity index (χ0n) is 12.8. The highest BCUT2D eigenvalue weighted by Gasteiger charge is 2.42. The first-order valence-electron chi connectivity index (χ1n) is 7.49. The second kappa shape index (κ2) is 6.38. The lowest BCUT2D eigenvalue weighted by molar-refractivity contribution is 0.0476. The minimum absolute atomic E-state index is 0.335. The molecule has 0 aliphatic carbocycles. The molecule has 1 saturated heterocycles. The Bertz CT molecular complexity index is 403. The molecule has 1 fully saturated rings. The number of ether oxygens (including phenoxy) is 1. The SMILES string of the molecule is CCCNC(c1ccc(C)s1)C1C(C)OC(C)C1C. The van der Waals surface area contributed by atoms with E-state index in [1.54, 1.807) is 0 Å². The summed E-state index contributed by atoms with van der Waals surface area (Å²) in [7, 11) is 0. The molecule has 0 spiro atoms. The van der Waals surface area contributed by atoms with Crippen molar-refractivity contribution in [1.29, 1.82) is 0 Å². The lowest BCUT2D eigenvalue weighted by Gasteiger charge is -2.29. The van der Waals surface area contributed by atoms with E-state index < -0.39 is 0 Å². The molecule has 0 amide bonds. The van der Waals surface area contributed by atoms with Crippen molar-refractivity contribution in [3.05, 3.63) is 21.9 Å². The quantitative estimate of drug-likeness (QED) is 0.875. The van der Waals surface area contributed by atoms with Crippen molar-refractivity contribution < 1.29 is 4.74 Å². The average Bonchev–Trinajstić information content (AvgIpc) is 2.88. The highest BCUT2D eigenvalue weighted by molar-refractivity contribution is 7.12. The second-order valence-electron chi connectivity index (χ2n) is 5.86. The molecule has 2 rings (SSSR count). The van der Waals surface area contributed by atoms with Crippen molar-refractivity contribution in [3.63, 3.8) is 0 Å². The largest absolute Gasteiger partial charge is 0.375 e. The average molecular weight is 281 g/mol. The molecule has 19 heavy (non-hydrogen) atoms. The fourth-order valence-electron chi connectivity index (χ4n) is 3.22. The number of thiophene rings is 1. The lowest BCUT2D eigenvalue weighted by atomic mass is 9.82. The first-order chi connectivity index (χ1) is 9.04. The zero-order chi connectivity index (χ0) is 14.0. The molecule has 3 heteroatoms. The topological polar surface area (TPSA) is 21.3 Å². The lowest BCUT2D eigenvalue weighted by Crippen LogP contribution is -2.34. The van der Waals surface area contributed by atoms with Crippen LogP contribution in [0, 0.1) is 18.8 Å². The Morgan fingerprint density at radius 2 is 2.00 bits per heavy atom. The Labute approximate surface area is 121 Å². The first kappa shape index (κ1) is 15.0. The minimum Gasteiger partial charge on any atom is -0.375 e. The smallest absolute Gasteiger partial charge is 0.0600 e. The molecule has 0 bridgehead atoms. The van der Waals surface area contributed by atoms with Crippen LogP contribution in [-0.4, -0.2) is 18.8 Å². The third-order valence-electron chi connectivity index (χ3n) is 4.39. The van der Waals surface area contributed by atoms with Crippen LogP contribution in [0.5, 0.6) is 0 Å². The highest BCUT2D eigenvalue weighted by atomic mass is 32.1. The molecule has 1 aliphatic heterocycles. The van der Waals surface area contributed by atoms with Crippen LogP contribution in [0.4, 0.5) is 0 Å². The summed E-state index contributed by atoms with van der Waals surface area (Å²) >= 11 is 1.92. The van der Waals surface area contributed by atoms with Gasteiger partial charge in [0.15, 0.2) is 0 Å². The van der Waals surface area contributed by atoms with Crippen molar-refractivity contribution >= 4 is 11.3 Å². The van der Waals surface area contributed by atoms with E-state index in [0.717, 1.165) is 6.54 Å². The van der Waals surface area contributed by atoms with E-state index >= 15 is 0 Å². The van der Waals surface area contributed by atoms with Crippen molar-refractivity contribution in [2.24, 2.45) is 11.8 Å². The summed E-state index contributed by atoms with van der Waals surface area (Å²) in [6, 6.07) is 4.96. The van der Waals surface area contributed by atoms with Gasteiger partial charge in [0.1, 0.15) is 0 Å². The molecule has 0 saturated carbocycles. The number of nitrogens with one attached hydrogen (secondary N) is 1. The van der Waals surface area contributed by atoms with Crippen LogP contribution in [-0.2, 0) is 4.74 Å². The third kappa shape index (κ3) is 3.21. The molecule has 5 unspecified atom stereocenters. The van der Waals surface area contributed by atoms with Gasteiger partial charge in [-0.3, -0.25) is 0 Å². The van der Waals surface area contributed by atoms with Crippen LogP contribution in [0.3, 0.4) is 0 Å². The van der Waals surface area contributed by atoms with E-state index in [2.05, 4.69) is 52.1 Å². The van der Waals surface area contributed by atoms with Crippen molar-refractivity contribution in [2.45, 2.75) is 59.3 Å². The van der Waals surface area contributed by atoms with E-state index in [-0.39, 0.29) is 0 Å². The molecular formula is C16H27NOS. The van der Waals surface area contributed by atoms with Gasteiger partial charge in [-0.2, -0.15) is 0 Å². The zero-order valence-corrected chi connectivity index (χ0v) is 13.6. The minimum atomic E-state index is 0.335. The molecule has 1 aliphatic rings. The van der Waals surface area contributed by atoms with Crippen molar-refractivity contribution in [3.8, 4) is 0 Å². The van der Waals surface area contributed by atoms with Crippen LogP contribution >= 0.6 is 11.3 Å². The van der Waals surface area contributed by atoms with Crippen LogP contribution in [0.2, 0.25) is 0 Å². The molecule has 2 nitrogen and oxygen atoms in total. The fraction of sp³-hybridized carbons (Fsp3) is 0.750. The van der Waals surface area contributed by atoms with Crippen LogP contribution in [0.1, 0.15) is 49.9 Å². The summed E-state index contributed by atoms with van der Waals surface area (Å²) in [5.74, 6) is 1.17. The van der Waals surface area contributed by atoms with Gasteiger partial charge in [-0.15, -0.1) is 11.3 Å². The summed E-state index contributed by atoms with van der Waals surface area (Å²) in [6.45, 7) is 12.3. The maximum atomic E-state index is 6.04. The van der Waals surface area contributed by atoms with Gasteiger partial charge in [0.2, 0.25) is 0 Å². The van der Waals surface area contributed by atoms with Crippen LogP contribution in [0.25, 0.3) is 0 Å². The molecule has 2 heterocycles. The van der Waals surface area contributed by atoms with Gasteiger partial charge in [0.25, 0.3) is 0 Å². The van der Waals surface area contributed by atoms with Gasteiger partial charge >= 0.3 is 0 Å². The summed E-state index contributed by atoms with van der Waals surface area (Å²) in [5.41, 5.74) is 0. The predicted molar refractivity (Wildman–Crippen MR) is 82.8 cm³/mol. The van der Waals surface area contributed by atoms with Gasteiger partial charge in [-0.05, 0) is 51.8 Å². The van der Waals surface area contributed by atoms with Gasteiger partial charge < -0.3 is 10.1 Å². The number of hydrogen-bond acceptors (Lipinski definition) is 3. The maximum absolute atomic E-state index is 6.04. The monoisotopic (exact) mass is 281 g/mol. The summed E-state index contributed by atoms with van der Waals surface area (Å²) in [4.78, 5) is 2.86. The fourth-order valence-corrected chi connectivity index (χ4v) is 4.23. The summed E-state index contributed by atoms with van der Waals surface area (Å²) in [6.07, 6.45) is 1.88. The Morgan fingerprint density at radius 3 is 2.47 bits per heavy atom. The highest BCUT2D eigenvalue weighted by Crippen LogP contribution is 2.42. The van der Waals surface area contributed by atoms with E-state index in [0.29, 0.717) is 30.1 Å². The Hall–Kier alpha value is -0.380. The van der Waals surface area contributed by atoms with E-state index in [1.807, 2.05) is 11.3 Å². The van der Waals surface area contributed by atoms with Gasteiger partial charge in [0, 0.05) is 21.7 Å². The predicted octanol–water partition coefficient (Wildman–Crippen LogP) is 4.16. The van der Waals surface area contributed by atoms with Gasteiger partial charge in [0.05, 0.1) is 12.2 Å².